The Morgan fingerprint density at radius 3 is 2.93 bits per heavy atom. The van der Waals surface area contributed by atoms with Gasteiger partial charge in [0.2, 0.25) is 0 Å². The summed E-state index contributed by atoms with van der Waals surface area (Å²) in [6.07, 6.45) is 0. The summed E-state index contributed by atoms with van der Waals surface area (Å²) in [5.41, 5.74) is 1.85. The topological polar surface area (TPSA) is 56.6 Å². The molecular weight excluding hydrogens is 176 g/mol. The molecular formula is C11H8N2O. The number of hydrogen-bond acceptors (Lipinski definition) is 2. The van der Waals surface area contributed by atoms with Gasteiger partial charge in [-0.1, -0.05) is 6.07 Å². The maximum Gasteiger partial charge on any atom is 0.189 e. The van der Waals surface area contributed by atoms with Crippen molar-refractivity contribution in [2.45, 2.75) is 6.92 Å². The zero-order valence-corrected chi connectivity index (χ0v) is 7.66. The molecule has 3 nitrogen and oxygen atoms in total. The average molecular weight is 184 g/mol. The van der Waals surface area contributed by atoms with E-state index >= 15 is 0 Å². The van der Waals surface area contributed by atoms with E-state index in [1.807, 2.05) is 0 Å². The van der Waals surface area contributed by atoms with Crippen molar-refractivity contribution in [2.24, 2.45) is 0 Å². The summed E-state index contributed by atoms with van der Waals surface area (Å²) in [5.74, 6) is 0. The van der Waals surface area contributed by atoms with Crippen molar-refractivity contribution in [2.75, 3.05) is 0 Å². The van der Waals surface area contributed by atoms with E-state index in [4.69, 9.17) is 5.26 Å². The zero-order chi connectivity index (χ0) is 10.1. The summed E-state index contributed by atoms with van der Waals surface area (Å²) < 4.78 is 0. The van der Waals surface area contributed by atoms with Crippen molar-refractivity contribution in [3.8, 4) is 6.07 Å². The molecule has 68 valence electrons. The maximum atomic E-state index is 11.5. The van der Waals surface area contributed by atoms with Gasteiger partial charge in [-0.3, -0.25) is 4.79 Å². The number of benzene rings is 1. The third-order valence-electron chi connectivity index (χ3n) is 2.12. The highest BCUT2D eigenvalue weighted by Crippen LogP contribution is 2.12. The van der Waals surface area contributed by atoms with Gasteiger partial charge in [0.1, 0.15) is 6.07 Å². The molecule has 0 bridgehead atoms. The van der Waals surface area contributed by atoms with Gasteiger partial charge in [-0.2, -0.15) is 5.26 Å². The Kier molecular flexibility index (Phi) is 1.83. The first-order valence-corrected chi connectivity index (χ1v) is 4.25. The van der Waals surface area contributed by atoms with E-state index in [2.05, 4.69) is 11.1 Å². The van der Waals surface area contributed by atoms with E-state index < -0.39 is 0 Å². The van der Waals surface area contributed by atoms with E-state index in [-0.39, 0.29) is 5.43 Å². The number of fused-ring (bicyclic) bond motifs is 1. The van der Waals surface area contributed by atoms with Crippen LogP contribution in [0.3, 0.4) is 0 Å². The number of nitrogens with one attached hydrogen (secondary N) is 1. The molecule has 0 atom stereocenters. The van der Waals surface area contributed by atoms with Gasteiger partial charge in [-0.25, -0.2) is 0 Å². The largest absolute Gasteiger partial charge is 0.357 e. The number of nitriles is 1. The van der Waals surface area contributed by atoms with Gasteiger partial charge in [0.15, 0.2) is 5.43 Å². The maximum absolute atomic E-state index is 11.5. The summed E-state index contributed by atoms with van der Waals surface area (Å²) in [6, 6.07) is 8.71. The highest BCUT2D eigenvalue weighted by atomic mass is 16.1. The van der Waals surface area contributed by atoms with Crippen LogP contribution in [0.4, 0.5) is 0 Å². The first-order chi connectivity index (χ1) is 6.72. The van der Waals surface area contributed by atoms with E-state index in [0.29, 0.717) is 16.5 Å². The molecule has 1 aromatic carbocycles. The number of H-pyrrole nitrogens is 1. The summed E-state index contributed by atoms with van der Waals surface area (Å²) in [5, 5.41) is 9.41. The SMILES string of the molecule is Cc1cc(=O)c2cccc(C#N)c2[nH]1. The van der Waals surface area contributed by atoms with Crippen LogP contribution in [0.15, 0.2) is 29.1 Å². The molecule has 0 spiro atoms. The molecule has 0 aliphatic carbocycles. The standard InChI is InChI=1S/C11H8N2O/c1-7-5-10(14)9-4-2-3-8(6-12)11(9)13-7/h2-5H,1H3,(H,13,14). The second-order valence-electron chi connectivity index (χ2n) is 3.16. The number of aromatic nitrogens is 1. The molecule has 2 aromatic rings. The predicted molar refractivity (Wildman–Crippen MR) is 54.0 cm³/mol. The Hall–Kier alpha value is -2.08. The first-order valence-electron chi connectivity index (χ1n) is 4.25. The molecule has 14 heavy (non-hydrogen) atoms. The predicted octanol–water partition coefficient (Wildman–Crippen LogP) is 1.71. The van der Waals surface area contributed by atoms with Gasteiger partial charge in [-0.05, 0) is 19.1 Å². The van der Waals surface area contributed by atoms with Crippen LogP contribution in [0.2, 0.25) is 0 Å². The van der Waals surface area contributed by atoms with Crippen LogP contribution < -0.4 is 5.43 Å². The molecule has 0 aliphatic rings. The number of aromatic amines is 1. The van der Waals surface area contributed by atoms with E-state index in [9.17, 15) is 4.79 Å². The van der Waals surface area contributed by atoms with Crippen LogP contribution in [0.25, 0.3) is 10.9 Å². The van der Waals surface area contributed by atoms with Gasteiger partial charge in [-0.15, -0.1) is 0 Å². The molecule has 0 saturated heterocycles. The normalized spacial score (nSPS) is 10.0. The van der Waals surface area contributed by atoms with Gasteiger partial charge in [0.05, 0.1) is 11.1 Å². The molecule has 0 saturated carbocycles. The lowest BCUT2D eigenvalue weighted by Crippen LogP contribution is -2.03. The quantitative estimate of drug-likeness (QED) is 0.677. The third kappa shape index (κ3) is 1.17. The summed E-state index contributed by atoms with van der Waals surface area (Å²) in [7, 11) is 0. The molecule has 0 fully saturated rings. The highest BCUT2D eigenvalue weighted by molar-refractivity contribution is 5.83. The first kappa shape index (κ1) is 8.52. The molecule has 1 heterocycles. The van der Waals surface area contributed by atoms with E-state index in [0.717, 1.165) is 5.69 Å². The van der Waals surface area contributed by atoms with Gasteiger partial charge < -0.3 is 4.98 Å². The number of rotatable bonds is 0. The Balaban J connectivity index is 3.03. The molecule has 2 rings (SSSR count). The number of para-hydroxylation sites is 1. The molecule has 0 aliphatic heterocycles. The number of pyridine rings is 1. The Labute approximate surface area is 80.6 Å². The molecule has 1 N–H and O–H groups in total. The minimum Gasteiger partial charge on any atom is -0.357 e. The zero-order valence-electron chi connectivity index (χ0n) is 7.66. The van der Waals surface area contributed by atoms with Crippen LogP contribution in [-0.2, 0) is 0 Å². The lowest BCUT2D eigenvalue weighted by atomic mass is 10.1. The Morgan fingerprint density at radius 1 is 1.43 bits per heavy atom. The van der Waals surface area contributed by atoms with Crippen LogP contribution >= 0.6 is 0 Å². The smallest absolute Gasteiger partial charge is 0.189 e. The molecule has 0 amide bonds. The van der Waals surface area contributed by atoms with Crippen LogP contribution in [0, 0.1) is 18.3 Å². The van der Waals surface area contributed by atoms with Crippen molar-refractivity contribution < 1.29 is 0 Å². The highest BCUT2D eigenvalue weighted by Gasteiger charge is 2.03. The fraction of sp³-hybridized carbons (Fsp3) is 0.0909. The molecule has 0 radical (unpaired) electrons. The fourth-order valence-electron chi connectivity index (χ4n) is 1.49. The minimum absolute atomic E-state index is 0.0478. The lowest BCUT2D eigenvalue weighted by Gasteiger charge is -2.00. The summed E-state index contributed by atoms with van der Waals surface area (Å²) in [4.78, 5) is 14.6. The van der Waals surface area contributed by atoms with Crippen LogP contribution in [-0.4, -0.2) is 4.98 Å². The second-order valence-corrected chi connectivity index (χ2v) is 3.16. The number of hydrogen-bond donors (Lipinski definition) is 1. The van der Waals surface area contributed by atoms with Crippen molar-refractivity contribution in [3.05, 3.63) is 45.7 Å². The minimum atomic E-state index is -0.0478. The summed E-state index contributed by atoms with van der Waals surface area (Å²) >= 11 is 0. The Morgan fingerprint density at radius 2 is 2.21 bits per heavy atom. The Bertz CT molecular complexity index is 590. The van der Waals surface area contributed by atoms with Crippen LogP contribution in [0.5, 0.6) is 0 Å². The monoisotopic (exact) mass is 184 g/mol. The molecule has 1 aromatic heterocycles. The number of nitrogens with zero attached hydrogens (tertiary/aromatic N) is 1. The van der Waals surface area contributed by atoms with E-state index in [1.165, 1.54) is 6.07 Å². The fourth-order valence-corrected chi connectivity index (χ4v) is 1.49. The van der Waals surface area contributed by atoms with Gasteiger partial charge >= 0.3 is 0 Å². The van der Waals surface area contributed by atoms with Gasteiger partial charge in [0, 0.05) is 17.1 Å². The van der Waals surface area contributed by atoms with Crippen molar-refractivity contribution in [1.82, 2.24) is 4.98 Å². The van der Waals surface area contributed by atoms with Crippen molar-refractivity contribution in [3.63, 3.8) is 0 Å². The van der Waals surface area contributed by atoms with Gasteiger partial charge in [0.25, 0.3) is 0 Å². The second kappa shape index (κ2) is 3.00. The summed E-state index contributed by atoms with van der Waals surface area (Å²) in [6.45, 7) is 1.80. The van der Waals surface area contributed by atoms with Crippen LogP contribution in [0.1, 0.15) is 11.3 Å². The van der Waals surface area contributed by atoms with Crippen molar-refractivity contribution in [1.29, 1.82) is 5.26 Å². The lowest BCUT2D eigenvalue weighted by molar-refractivity contribution is 1.24. The third-order valence-corrected chi connectivity index (χ3v) is 2.12. The number of aryl methyl sites for hydroxylation is 1. The average Bonchev–Trinajstić information content (AvgIpc) is 2.17. The molecule has 0 unspecified atom stereocenters. The van der Waals surface area contributed by atoms with E-state index in [1.54, 1.807) is 25.1 Å². The molecule has 3 heteroatoms. The van der Waals surface area contributed by atoms with Crippen molar-refractivity contribution >= 4 is 10.9 Å².